The lowest BCUT2D eigenvalue weighted by Crippen LogP contribution is -2.07. The normalized spacial score (nSPS) is 11.1. The number of methoxy groups -OCH3 is 1. The van der Waals surface area contributed by atoms with E-state index in [-0.39, 0.29) is 0 Å². The van der Waals surface area contributed by atoms with Crippen LogP contribution >= 0.6 is 0 Å². The predicted octanol–water partition coefficient (Wildman–Crippen LogP) is 1.64. The molecule has 0 aliphatic heterocycles. The van der Waals surface area contributed by atoms with E-state index in [1.807, 2.05) is 24.3 Å². The fourth-order valence-electron chi connectivity index (χ4n) is 1.40. The topological polar surface area (TPSA) is 61.5 Å². The molecule has 0 radical (unpaired) electrons. The van der Waals surface area contributed by atoms with Crippen molar-refractivity contribution in [3.63, 3.8) is 0 Å². The van der Waals surface area contributed by atoms with E-state index in [2.05, 4.69) is 0 Å². The number of carbonyl (C=O) groups excluding carboxylic acids is 1. The highest BCUT2D eigenvalue weighted by molar-refractivity contribution is 5.82. The van der Waals surface area contributed by atoms with Gasteiger partial charge >= 0.3 is 5.97 Å². The molecule has 0 unspecified atom stereocenters. The van der Waals surface area contributed by atoms with Crippen LogP contribution in [0, 0.1) is 0 Å². The maximum atomic E-state index is 11.2. The number of carbonyl (C=O) groups is 1. The highest BCUT2D eigenvalue weighted by Crippen LogP contribution is 2.14. The van der Waals surface area contributed by atoms with Crippen molar-refractivity contribution in [2.24, 2.45) is 5.73 Å². The summed E-state index contributed by atoms with van der Waals surface area (Å²) < 4.78 is 9.88. The highest BCUT2D eigenvalue weighted by Gasteiger charge is 2.01. The lowest BCUT2D eigenvalue weighted by molar-refractivity contribution is -0.137. The molecule has 0 aliphatic carbocycles. The number of hydrogen-bond acceptors (Lipinski definition) is 4. The van der Waals surface area contributed by atoms with Gasteiger partial charge in [0.2, 0.25) is 0 Å². The molecule has 0 amide bonds. The molecule has 4 heteroatoms. The van der Waals surface area contributed by atoms with E-state index in [1.54, 1.807) is 14.0 Å². The van der Waals surface area contributed by atoms with Gasteiger partial charge in [-0.3, -0.25) is 0 Å². The van der Waals surface area contributed by atoms with Crippen LogP contribution < -0.4 is 10.5 Å². The Kier molecular flexibility index (Phi) is 5.07. The van der Waals surface area contributed by atoms with Crippen molar-refractivity contribution in [1.29, 1.82) is 0 Å². The first kappa shape index (κ1) is 13.1. The zero-order chi connectivity index (χ0) is 12.7. The van der Waals surface area contributed by atoms with Gasteiger partial charge in [0.05, 0.1) is 13.7 Å². The van der Waals surface area contributed by atoms with E-state index in [9.17, 15) is 4.79 Å². The molecule has 92 valence electrons. The second-order valence-electron chi connectivity index (χ2n) is 3.50. The van der Waals surface area contributed by atoms with Crippen molar-refractivity contribution in [2.75, 3.05) is 13.7 Å². The quantitative estimate of drug-likeness (QED) is 0.622. The minimum atomic E-state index is -0.409. The Morgan fingerprint density at radius 1 is 1.47 bits per heavy atom. The van der Waals surface area contributed by atoms with Gasteiger partial charge in [-0.25, -0.2) is 4.79 Å². The van der Waals surface area contributed by atoms with Crippen molar-refractivity contribution in [2.45, 2.75) is 13.3 Å². The van der Waals surface area contributed by atoms with Crippen LogP contribution in [0.4, 0.5) is 0 Å². The van der Waals surface area contributed by atoms with Gasteiger partial charge in [-0.1, -0.05) is 12.1 Å². The monoisotopic (exact) mass is 235 g/mol. The van der Waals surface area contributed by atoms with Gasteiger partial charge < -0.3 is 15.2 Å². The molecule has 2 N–H and O–H groups in total. The molecule has 0 bridgehead atoms. The van der Waals surface area contributed by atoms with E-state index >= 15 is 0 Å². The molecule has 0 fully saturated rings. The average molecular weight is 235 g/mol. The Labute approximate surface area is 101 Å². The van der Waals surface area contributed by atoms with Crippen LogP contribution in [0.2, 0.25) is 0 Å². The van der Waals surface area contributed by atoms with E-state index in [1.165, 1.54) is 6.08 Å². The SMILES string of the molecule is CCOC(=O)/C=C(\N)Cc1cccc(OC)c1. The fraction of sp³-hybridized carbons (Fsp3) is 0.308. The van der Waals surface area contributed by atoms with Gasteiger partial charge in [0.15, 0.2) is 0 Å². The minimum absolute atomic E-state index is 0.349. The molecule has 0 atom stereocenters. The highest BCUT2D eigenvalue weighted by atomic mass is 16.5. The minimum Gasteiger partial charge on any atom is -0.497 e. The smallest absolute Gasteiger partial charge is 0.332 e. The van der Waals surface area contributed by atoms with Crippen molar-refractivity contribution in [3.05, 3.63) is 41.6 Å². The van der Waals surface area contributed by atoms with Crippen LogP contribution in [0.15, 0.2) is 36.0 Å². The number of hydrogen-bond donors (Lipinski definition) is 1. The molecule has 0 aliphatic rings. The Morgan fingerprint density at radius 3 is 2.88 bits per heavy atom. The fourth-order valence-corrected chi connectivity index (χ4v) is 1.40. The lowest BCUT2D eigenvalue weighted by atomic mass is 10.1. The van der Waals surface area contributed by atoms with Gasteiger partial charge in [-0.2, -0.15) is 0 Å². The zero-order valence-electron chi connectivity index (χ0n) is 10.1. The number of ether oxygens (including phenoxy) is 2. The Hall–Kier alpha value is -1.97. The van der Waals surface area contributed by atoms with Crippen molar-refractivity contribution < 1.29 is 14.3 Å². The maximum Gasteiger partial charge on any atom is 0.332 e. The van der Waals surface area contributed by atoms with E-state index in [4.69, 9.17) is 15.2 Å². The predicted molar refractivity (Wildman–Crippen MR) is 65.6 cm³/mol. The van der Waals surface area contributed by atoms with E-state index in [0.29, 0.717) is 18.7 Å². The van der Waals surface area contributed by atoms with E-state index < -0.39 is 5.97 Å². The molecule has 1 rings (SSSR count). The van der Waals surface area contributed by atoms with Gasteiger partial charge in [-0.05, 0) is 24.6 Å². The molecule has 0 spiro atoms. The van der Waals surface area contributed by atoms with Crippen LogP contribution in [0.3, 0.4) is 0 Å². The second kappa shape index (κ2) is 6.58. The molecular formula is C13H17NO3. The van der Waals surface area contributed by atoms with Gasteiger partial charge in [0.25, 0.3) is 0 Å². The van der Waals surface area contributed by atoms with Gasteiger partial charge in [0.1, 0.15) is 5.75 Å². The van der Waals surface area contributed by atoms with Crippen LogP contribution in [-0.4, -0.2) is 19.7 Å². The molecule has 4 nitrogen and oxygen atoms in total. The summed E-state index contributed by atoms with van der Waals surface area (Å²) in [6, 6.07) is 7.54. The van der Waals surface area contributed by atoms with Crippen LogP contribution in [0.25, 0.3) is 0 Å². The number of esters is 1. The second-order valence-corrected chi connectivity index (χ2v) is 3.50. The third-order valence-corrected chi connectivity index (χ3v) is 2.13. The van der Waals surface area contributed by atoms with Gasteiger partial charge in [-0.15, -0.1) is 0 Å². The Balaban J connectivity index is 2.66. The average Bonchev–Trinajstić information content (AvgIpc) is 2.29. The van der Waals surface area contributed by atoms with Crippen molar-refractivity contribution in [1.82, 2.24) is 0 Å². The molecule has 0 heterocycles. The Bertz CT molecular complexity index is 413. The molecule has 0 saturated heterocycles. The number of allylic oxidation sites excluding steroid dienone is 1. The zero-order valence-corrected chi connectivity index (χ0v) is 10.1. The summed E-state index contributed by atoms with van der Waals surface area (Å²) >= 11 is 0. The summed E-state index contributed by atoms with van der Waals surface area (Å²) in [4.78, 5) is 11.2. The first-order valence-electron chi connectivity index (χ1n) is 5.41. The third-order valence-electron chi connectivity index (χ3n) is 2.13. The summed E-state index contributed by atoms with van der Waals surface area (Å²) in [7, 11) is 1.61. The van der Waals surface area contributed by atoms with Crippen LogP contribution in [-0.2, 0) is 16.0 Å². The number of benzene rings is 1. The van der Waals surface area contributed by atoms with Crippen molar-refractivity contribution in [3.8, 4) is 5.75 Å². The van der Waals surface area contributed by atoms with Gasteiger partial charge in [0, 0.05) is 18.2 Å². The molecule has 0 saturated carbocycles. The van der Waals surface area contributed by atoms with Crippen molar-refractivity contribution >= 4 is 5.97 Å². The summed E-state index contributed by atoms with van der Waals surface area (Å²) in [6.07, 6.45) is 1.80. The Morgan fingerprint density at radius 2 is 2.24 bits per heavy atom. The number of rotatable bonds is 5. The maximum absolute atomic E-state index is 11.2. The standard InChI is InChI=1S/C13H17NO3/c1-3-17-13(15)9-11(14)7-10-5-4-6-12(8-10)16-2/h4-6,8-9H,3,7,14H2,1-2H3/b11-9-. The summed E-state index contributed by atoms with van der Waals surface area (Å²) in [5.74, 6) is 0.360. The molecule has 0 aromatic heterocycles. The first-order chi connectivity index (χ1) is 8.15. The lowest BCUT2D eigenvalue weighted by Gasteiger charge is -2.05. The summed E-state index contributed by atoms with van der Waals surface area (Å²) in [6.45, 7) is 2.10. The summed E-state index contributed by atoms with van der Waals surface area (Å²) in [5.41, 5.74) is 7.21. The number of nitrogens with two attached hydrogens (primary N) is 1. The third kappa shape index (κ3) is 4.59. The van der Waals surface area contributed by atoms with Crippen LogP contribution in [0.5, 0.6) is 5.75 Å². The largest absolute Gasteiger partial charge is 0.497 e. The molecule has 1 aromatic rings. The molecular weight excluding hydrogens is 218 g/mol. The molecule has 17 heavy (non-hydrogen) atoms. The summed E-state index contributed by atoms with van der Waals surface area (Å²) in [5, 5.41) is 0. The molecule has 1 aromatic carbocycles. The first-order valence-corrected chi connectivity index (χ1v) is 5.41. The van der Waals surface area contributed by atoms with E-state index in [0.717, 1.165) is 11.3 Å². The van der Waals surface area contributed by atoms with Crippen LogP contribution in [0.1, 0.15) is 12.5 Å².